The summed E-state index contributed by atoms with van der Waals surface area (Å²) in [5, 5.41) is 3.19. The number of primary amides is 1. The quantitative estimate of drug-likeness (QED) is 0.849. The standard InChI is InChI=1S/C18H18N2O2/c19-18(22)15-8-4-7-14(12-5-2-1-3-6-12)16(15)17(21)13-9-10-20-11-13/h1-8,13,20H,9-11H2,(H2,19,22). The Balaban J connectivity index is 2.16. The predicted molar refractivity (Wildman–Crippen MR) is 85.7 cm³/mol. The molecule has 112 valence electrons. The first-order valence-corrected chi connectivity index (χ1v) is 7.41. The average Bonchev–Trinajstić information content (AvgIpc) is 3.08. The molecule has 0 aromatic heterocycles. The molecule has 3 rings (SSSR count). The second-order valence-corrected chi connectivity index (χ2v) is 5.51. The van der Waals surface area contributed by atoms with Gasteiger partial charge in [0.25, 0.3) is 0 Å². The maximum atomic E-state index is 12.9. The molecule has 0 aliphatic carbocycles. The van der Waals surface area contributed by atoms with Gasteiger partial charge < -0.3 is 11.1 Å². The Labute approximate surface area is 129 Å². The van der Waals surface area contributed by atoms with Crippen molar-refractivity contribution in [3.05, 3.63) is 59.7 Å². The molecule has 4 nitrogen and oxygen atoms in total. The number of hydrogen-bond acceptors (Lipinski definition) is 3. The first-order chi connectivity index (χ1) is 10.7. The SMILES string of the molecule is NC(=O)c1cccc(-c2ccccc2)c1C(=O)C1CCNC1. The summed E-state index contributed by atoms with van der Waals surface area (Å²) >= 11 is 0. The number of ketones is 1. The maximum absolute atomic E-state index is 12.9. The van der Waals surface area contributed by atoms with Crippen LogP contribution in [0.25, 0.3) is 11.1 Å². The van der Waals surface area contributed by atoms with Crippen molar-refractivity contribution in [2.45, 2.75) is 6.42 Å². The van der Waals surface area contributed by atoms with E-state index in [9.17, 15) is 9.59 Å². The van der Waals surface area contributed by atoms with Crippen LogP contribution in [-0.2, 0) is 0 Å². The Kier molecular flexibility index (Phi) is 4.02. The van der Waals surface area contributed by atoms with Crippen molar-refractivity contribution < 1.29 is 9.59 Å². The summed E-state index contributed by atoms with van der Waals surface area (Å²) in [7, 11) is 0. The summed E-state index contributed by atoms with van der Waals surface area (Å²) in [6.07, 6.45) is 0.792. The van der Waals surface area contributed by atoms with E-state index >= 15 is 0 Å². The summed E-state index contributed by atoms with van der Waals surface area (Å²) in [6.45, 7) is 1.48. The summed E-state index contributed by atoms with van der Waals surface area (Å²) in [4.78, 5) is 24.7. The molecule has 1 amide bonds. The Bertz CT molecular complexity index is 704. The van der Waals surface area contributed by atoms with Crippen molar-refractivity contribution in [2.75, 3.05) is 13.1 Å². The molecule has 0 saturated carbocycles. The van der Waals surface area contributed by atoms with Gasteiger partial charge >= 0.3 is 0 Å². The third kappa shape index (κ3) is 2.65. The van der Waals surface area contributed by atoms with E-state index < -0.39 is 5.91 Å². The van der Waals surface area contributed by atoms with Crippen LogP contribution in [0.5, 0.6) is 0 Å². The van der Waals surface area contributed by atoms with Gasteiger partial charge in [-0.1, -0.05) is 42.5 Å². The van der Waals surface area contributed by atoms with Crippen LogP contribution in [0.15, 0.2) is 48.5 Å². The van der Waals surface area contributed by atoms with E-state index in [0.29, 0.717) is 17.7 Å². The number of benzene rings is 2. The highest BCUT2D eigenvalue weighted by atomic mass is 16.1. The molecule has 1 saturated heterocycles. The fraction of sp³-hybridized carbons (Fsp3) is 0.222. The first kappa shape index (κ1) is 14.5. The molecule has 2 aromatic carbocycles. The van der Waals surface area contributed by atoms with Crippen molar-refractivity contribution in [3.8, 4) is 11.1 Å². The van der Waals surface area contributed by atoms with E-state index in [1.54, 1.807) is 12.1 Å². The molecule has 0 bridgehead atoms. The molecule has 1 atom stereocenters. The van der Waals surface area contributed by atoms with Crippen LogP contribution < -0.4 is 11.1 Å². The summed E-state index contributed by atoms with van der Waals surface area (Å²) < 4.78 is 0. The third-order valence-corrected chi connectivity index (χ3v) is 4.09. The summed E-state index contributed by atoms with van der Waals surface area (Å²) in [6, 6.07) is 14.9. The van der Waals surface area contributed by atoms with Crippen molar-refractivity contribution in [1.29, 1.82) is 0 Å². The van der Waals surface area contributed by atoms with Crippen LogP contribution in [0.3, 0.4) is 0 Å². The lowest BCUT2D eigenvalue weighted by Gasteiger charge is -2.15. The lowest BCUT2D eigenvalue weighted by atomic mass is 9.87. The Morgan fingerprint density at radius 1 is 1.05 bits per heavy atom. The van der Waals surface area contributed by atoms with Crippen LogP contribution in [0.4, 0.5) is 0 Å². The Hall–Kier alpha value is -2.46. The lowest BCUT2D eigenvalue weighted by Crippen LogP contribution is -2.23. The number of hydrogen-bond donors (Lipinski definition) is 2. The van der Waals surface area contributed by atoms with Gasteiger partial charge in [-0.3, -0.25) is 9.59 Å². The van der Waals surface area contributed by atoms with Gasteiger partial charge in [0.1, 0.15) is 0 Å². The van der Waals surface area contributed by atoms with E-state index in [4.69, 9.17) is 5.73 Å². The van der Waals surface area contributed by atoms with Gasteiger partial charge in [-0.15, -0.1) is 0 Å². The maximum Gasteiger partial charge on any atom is 0.249 e. The number of amides is 1. The Morgan fingerprint density at radius 2 is 1.82 bits per heavy atom. The predicted octanol–water partition coefficient (Wildman–Crippen LogP) is 2.24. The minimum atomic E-state index is -0.563. The molecular formula is C18H18N2O2. The third-order valence-electron chi connectivity index (χ3n) is 4.09. The van der Waals surface area contributed by atoms with Gasteiger partial charge in [0.2, 0.25) is 5.91 Å². The smallest absolute Gasteiger partial charge is 0.249 e. The number of carbonyl (C=O) groups is 2. The normalized spacial score (nSPS) is 17.4. The van der Waals surface area contributed by atoms with Crippen LogP contribution in [0.1, 0.15) is 27.1 Å². The summed E-state index contributed by atoms with van der Waals surface area (Å²) in [5.74, 6) is -0.659. The van der Waals surface area contributed by atoms with Crippen molar-refractivity contribution >= 4 is 11.7 Å². The highest BCUT2D eigenvalue weighted by Crippen LogP contribution is 2.29. The molecule has 0 spiro atoms. The Morgan fingerprint density at radius 3 is 2.45 bits per heavy atom. The minimum Gasteiger partial charge on any atom is -0.366 e. The van der Waals surface area contributed by atoms with Crippen LogP contribution in [-0.4, -0.2) is 24.8 Å². The molecule has 1 fully saturated rings. The zero-order valence-corrected chi connectivity index (χ0v) is 12.2. The fourth-order valence-electron chi connectivity index (χ4n) is 2.96. The molecule has 22 heavy (non-hydrogen) atoms. The molecule has 1 unspecified atom stereocenters. The van der Waals surface area contributed by atoms with Crippen LogP contribution in [0.2, 0.25) is 0 Å². The van der Waals surface area contributed by atoms with E-state index in [2.05, 4.69) is 5.32 Å². The van der Waals surface area contributed by atoms with Gasteiger partial charge in [0.15, 0.2) is 5.78 Å². The molecule has 2 aromatic rings. The van der Waals surface area contributed by atoms with Gasteiger partial charge in [0, 0.05) is 18.0 Å². The zero-order chi connectivity index (χ0) is 15.5. The monoisotopic (exact) mass is 294 g/mol. The van der Waals surface area contributed by atoms with E-state index in [0.717, 1.165) is 24.1 Å². The average molecular weight is 294 g/mol. The van der Waals surface area contributed by atoms with Gasteiger partial charge in [0.05, 0.1) is 5.56 Å². The number of rotatable bonds is 4. The van der Waals surface area contributed by atoms with Crippen LogP contribution >= 0.6 is 0 Å². The summed E-state index contributed by atoms with van der Waals surface area (Å²) in [5.41, 5.74) is 7.94. The van der Waals surface area contributed by atoms with E-state index in [1.807, 2.05) is 36.4 Å². The van der Waals surface area contributed by atoms with E-state index in [-0.39, 0.29) is 11.7 Å². The molecule has 1 heterocycles. The van der Waals surface area contributed by atoms with E-state index in [1.165, 1.54) is 0 Å². The molecule has 1 aliphatic rings. The number of nitrogens with one attached hydrogen (secondary N) is 1. The number of carbonyl (C=O) groups excluding carboxylic acids is 2. The number of Topliss-reactive ketones (excluding diaryl/α,β-unsaturated/α-hetero) is 1. The fourth-order valence-corrected chi connectivity index (χ4v) is 2.96. The highest BCUT2D eigenvalue weighted by Gasteiger charge is 2.28. The topological polar surface area (TPSA) is 72.2 Å². The largest absolute Gasteiger partial charge is 0.366 e. The van der Waals surface area contributed by atoms with Gasteiger partial charge in [-0.05, 0) is 30.2 Å². The second-order valence-electron chi connectivity index (χ2n) is 5.51. The second kappa shape index (κ2) is 6.12. The van der Waals surface area contributed by atoms with Crippen molar-refractivity contribution in [1.82, 2.24) is 5.32 Å². The molecular weight excluding hydrogens is 276 g/mol. The molecule has 0 radical (unpaired) electrons. The first-order valence-electron chi connectivity index (χ1n) is 7.41. The van der Waals surface area contributed by atoms with Crippen molar-refractivity contribution in [3.63, 3.8) is 0 Å². The molecule has 3 N–H and O–H groups in total. The molecule has 1 aliphatic heterocycles. The van der Waals surface area contributed by atoms with Gasteiger partial charge in [-0.25, -0.2) is 0 Å². The van der Waals surface area contributed by atoms with Crippen LogP contribution in [0, 0.1) is 5.92 Å². The number of nitrogens with two attached hydrogens (primary N) is 1. The molecule has 4 heteroatoms. The van der Waals surface area contributed by atoms with Gasteiger partial charge in [-0.2, -0.15) is 0 Å². The highest BCUT2D eigenvalue weighted by molar-refractivity contribution is 6.12. The van der Waals surface area contributed by atoms with Crippen molar-refractivity contribution in [2.24, 2.45) is 11.7 Å². The minimum absolute atomic E-state index is 0.00162. The zero-order valence-electron chi connectivity index (χ0n) is 12.2. The lowest BCUT2D eigenvalue weighted by molar-refractivity contribution is 0.0917.